The highest BCUT2D eigenvalue weighted by Crippen LogP contribution is 2.25. The Hall–Kier alpha value is -3.04. The number of ether oxygens (including phenoxy) is 2. The van der Waals surface area contributed by atoms with Crippen LogP contribution < -0.4 is 9.46 Å². The van der Waals surface area contributed by atoms with Crippen molar-refractivity contribution in [2.75, 3.05) is 6.61 Å². The summed E-state index contributed by atoms with van der Waals surface area (Å²) in [5.41, 5.74) is -0.353. The van der Waals surface area contributed by atoms with Gasteiger partial charge in [-0.25, -0.2) is 23.1 Å². The van der Waals surface area contributed by atoms with Crippen LogP contribution in [0.25, 0.3) is 0 Å². The van der Waals surface area contributed by atoms with Crippen molar-refractivity contribution in [3.63, 3.8) is 0 Å². The lowest BCUT2D eigenvalue weighted by molar-refractivity contribution is 0.118. The van der Waals surface area contributed by atoms with Gasteiger partial charge in [-0.2, -0.15) is 0 Å². The van der Waals surface area contributed by atoms with Gasteiger partial charge in [0.25, 0.3) is 10.0 Å². The molecule has 0 aromatic heterocycles. The SMILES string of the molecule is CCOC(=O)N1C=C(Oc2ccccc2)C(NS(=O)(=O)c2ccc(C(C)(C)C)cc2)=NC1Cl. The van der Waals surface area contributed by atoms with E-state index in [1.54, 1.807) is 49.4 Å². The third-order valence-electron chi connectivity index (χ3n) is 4.67. The second-order valence-corrected chi connectivity index (χ2v) is 10.3. The largest absolute Gasteiger partial charge is 0.452 e. The third kappa shape index (κ3) is 6.06. The van der Waals surface area contributed by atoms with E-state index < -0.39 is 21.7 Å². The fourth-order valence-corrected chi connectivity index (χ4v) is 4.16. The van der Waals surface area contributed by atoms with Crippen molar-refractivity contribution in [3.8, 4) is 5.75 Å². The Morgan fingerprint density at radius 2 is 1.76 bits per heavy atom. The molecule has 10 heteroatoms. The molecule has 2 aromatic rings. The van der Waals surface area contributed by atoms with Crippen molar-refractivity contribution >= 4 is 33.6 Å². The van der Waals surface area contributed by atoms with Gasteiger partial charge in [0.2, 0.25) is 5.62 Å². The Bertz CT molecular complexity index is 1160. The zero-order valence-electron chi connectivity index (χ0n) is 18.8. The van der Waals surface area contributed by atoms with Crippen molar-refractivity contribution in [3.05, 3.63) is 72.1 Å². The molecule has 1 heterocycles. The van der Waals surface area contributed by atoms with Crippen LogP contribution in [0.15, 0.2) is 76.4 Å². The quantitative estimate of drug-likeness (QED) is 0.488. The Labute approximate surface area is 198 Å². The second kappa shape index (κ2) is 9.84. The lowest BCUT2D eigenvalue weighted by atomic mass is 9.87. The number of aliphatic imine (C=N–C) groups is 1. The molecular formula is C23H26ClN3O5S. The Morgan fingerprint density at radius 1 is 1.12 bits per heavy atom. The molecule has 1 aliphatic heterocycles. The van der Waals surface area contributed by atoms with Gasteiger partial charge >= 0.3 is 6.09 Å². The number of sulfonamides is 1. The van der Waals surface area contributed by atoms with E-state index in [-0.39, 0.29) is 28.5 Å². The van der Waals surface area contributed by atoms with E-state index in [4.69, 9.17) is 21.1 Å². The molecule has 8 nitrogen and oxygen atoms in total. The van der Waals surface area contributed by atoms with E-state index in [0.29, 0.717) is 5.75 Å². The molecule has 0 fully saturated rings. The van der Waals surface area contributed by atoms with Gasteiger partial charge in [0.1, 0.15) is 5.75 Å². The summed E-state index contributed by atoms with van der Waals surface area (Å²) >= 11 is 6.22. The average molecular weight is 492 g/mol. The maximum absolute atomic E-state index is 13.1. The summed E-state index contributed by atoms with van der Waals surface area (Å²) in [6, 6.07) is 15.3. The van der Waals surface area contributed by atoms with Gasteiger partial charge in [0.15, 0.2) is 11.6 Å². The maximum atomic E-state index is 13.1. The molecule has 1 amide bonds. The van der Waals surface area contributed by atoms with Gasteiger partial charge < -0.3 is 9.47 Å². The van der Waals surface area contributed by atoms with E-state index in [1.807, 2.05) is 20.8 Å². The molecule has 33 heavy (non-hydrogen) atoms. The number of rotatable bonds is 5. The van der Waals surface area contributed by atoms with Crippen molar-refractivity contribution in [1.29, 1.82) is 0 Å². The minimum absolute atomic E-state index is 0.0129. The molecular weight excluding hydrogens is 466 g/mol. The van der Waals surface area contributed by atoms with Crippen LogP contribution in [0.4, 0.5) is 4.79 Å². The molecule has 0 saturated heterocycles. The minimum Gasteiger partial charge on any atom is -0.452 e. The molecule has 1 atom stereocenters. The van der Waals surface area contributed by atoms with Gasteiger partial charge in [-0.15, -0.1) is 0 Å². The van der Waals surface area contributed by atoms with Crippen LogP contribution >= 0.6 is 11.6 Å². The highest BCUT2D eigenvalue weighted by atomic mass is 35.5. The highest BCUT2D eigenvalue weighted by molar-refractivity contribution is 7.90. The third-order valence-corrected chi connectivity index (χ3v) is 6.33. The number of carbonyl (C=O) groups excluding carboxylic acids is 1. The van der Waals surface area contributed by atoms with Crippen LogP contribution in [0.3, 0.4) is 0 Å². The molecule has 176 valence electrons. The predicted octanol–water partition coefficient (Wildman–Crippen LogP) is 4.58. The van der Waals surface area contributed by atoms with Gasteiger partial charge in [-0.3, -0.25) is 4.72 Å². The van der Waals surface area contributed by atoms with Crippen molar-refractivity contribution in [1.82, 2.24) is 9.62 Å². The van der Waals surface area contributed by atoms with Crippen LogP contribution in [0.2, 0.25) is 0 Å². The topological polar surface area (TPSA) is 97.3 Å². The molecule has 0 saturated carbocycles. The zero-order chi connectivity index (χ0) is 24.2. The summed E-state index contributed by atoms with van der Waals surface area (Å²) in [7, 11) is -4.01. The standard InChI is InChI=1S/C23H26ClN3O5S/c1-5-31-22(28)27-15-19(32-17-9-7-6-8-10-17)20(25-21(27)24)26-33(29,30)18-13-11-16(12-14-18)23(2,3)4/h6-15,21H,5H2,1-4H3,(H,25,26). The number of para-hydroxylation sites is 1. The fraction of sp³-hybridized carbons (Fsp3) is 0.304. The van der Waals surface area contributed by atoms with Gasteiger partial charge in [0, 0.05) is 0 Å². The van der Waals surface area contributed by atoms with E-state index >= 15 is 0 Å². The zero-order valence-corrected chi connectivity index (χ0v) is 20.4. The van der Waals surface area contributed by atoms with Crippen molar-refractivity contribution < 1.29 is 22.7 Å². The number of amides is 1. The maximum Gasteiger partial charge on any atom is 0.416 e. The number of hydrogen-bond acceptors (Lipinski definition) is 6. The number of benzene rings is 2. The predicted molar refractivity (Wildman–Crippen MR) is 127 cm³/mol. The molecule has 1 unspecified atom stereocenters. The summed E-state index contributed by atoms with van der Waals surface area (Å²) < 4.78 is 39.4. The van der Waals surface area contributed by atoms with Crippen LogP contribution in [-0.2, 0) is 20.2 Å². The number of alkyl halides is 1. The fourth-order valence-electron chi connectivity index (χ4n) is 2.91. The summed E-state index contributed by atoms with van der Waals surface area (Å²) in [6.45, 7) is 7.91. The summed E-state index contributed by atoms with van der Waals surface area (Å²) in [6.07, 6.45) is 0.519. The lowest BCUT2D eigenvalue weighted by Gasteiger charge is -2.27. The lowest BCUT2D eigenvalue weighted by Crippen LogP contribution is -2.42. The Morgan fingerprint density at radius 3 is 2.33 bits per heavy atom. The number of hydrogen-bond donors (Lipinski definition) is 1. The highest BCUT2D eigenvalue weighted by Gasteiger charge is 2.31. The number of amidine groups is 1. The molecule has 0 bridgehead atoms. The molecule has 1 N–H and O–H groups in total. The van der Waals surface area contributed by atoms with E-state index in [0.717, 1.165) is 10.5 Å². The number of halogens is 1. The minimum atomic E-state index is -4.01. The Kier molecular flexibility index (Phi) is 7.34. The Balaban J connectivity index is 1.92. The summed E-state index contributed by atoms with van der Waals surface area (Å²) in [5.74, 6) is 0.266. The van der Waals surface area contributed by atoms with Gasteiger partial charge in [-0.05, 0) is 42.2 Å². The second-order valence-electron chi connectivity index (χ2n) is 8.18. The first kappa shape index (κ1) is 24.6. The first-order valence-electron chi connectivity index (χ1n) is 10.3. The van der Waals surface area contributed by atoms with Crippen molar-refractivity contribution in [2.24, 2.45) is 4.99 Å². The van der Waals surface area contributed by atoms with Gasteiger partial charge in [-0.1, -0.05) is 62.7 Å². The van der Waals surface area contributed by atoms with Crippen LogP contribution in [0, 0.1) is 0 Å². The molecule has 2 aromatic carbocycles. The number of carbonyl (C=O) groups is 1. The van der Waals surface area contributed by atoms with E-state index in [1.165, 1.54) is 18.3 Å². The van der Waals surface area contributed by atoms with Crippen LogP contribution in [0.5, 0.6) is 5.75 Å². The monoisotopic (exact) mass is 491 g/mol. The average Bonchev–Trinajstić information content (AvgIpc) is 2.75. The smallest absolute Gasteiger partial charge is 0.416 e. The number of nitrogens with zero attached hydrogens (tertiary/aromatic N) is 2. The number of nitrogens with one attached hydrogen (secondary N) is 1. The summed E-state index contributed by atoms with van der Waals surface area (Å²) in [5, 5.41) is 0. The first-order valence-corrected chi connectivity index (χ1v) is 12.2. The van der Waals surface area contributed by atoms with Gasteiger partial charge in [0.05, 0.1) is 17.7 Å². The molecule has 1 aliphatic rings. The molecule has 0 aliphatic carbocycles. The summed E-state index contributed by atoms with van der Waals surface area (Å²) in [4.78, 5) is 17.4. The van der Waals surface area contributed by atoms with Crippen LogP contribution in [-0.4, -0.2) is 37.5 Å². The van der Waals surface area contributed by atoms with Crippen LogP contribution in [0.1, 0.15) is 33.3 Å². The molecule has 0 radical (unpaired) electrons. The first-order chi connectivity index (χ1) is 15.5. The normalized spacial score (nSPS) is 16.5. The van der Waals surface area contributed by atoms with Crippen molar-refractivity contribution in [2.45, 2.75) is 43.6 Å². The molecule has 0 spiro atoms. The molecule has 3 rings (SSSR count). The van der Waals surface area contributed by atoms with E-state index in [9.17, 15) is 13.2 Å². The van der Waals surface area contributed by atoms with E-state index in [2.05, 4.69) is 9.71 Å².